The lowest BCUT2D eigenvalue weighted by molar-refractivity contribution is -0.122. The van der Waals surface area contributed by atoms with E-state index >= 15 is 0 Å². The highest BCUT2D eigenvalue weighted by Gasteiger charge is 2.34. The van der Waals surface area contributed by atoms with Crippen LogP contribution in [0.3, 0.4) is 0 Å². The van der Waals surface area contributed by atoms with E-state index in [2.05, 4.69) is 99.3 Å². The number of unbranched alkanes of at least 4 members (excludes halogenated alkanes) is 12. The normalized spacial score (nSPS) is 12.1. The number of benzene rings is 2. The van der Waals surface area contributed by atoms with E-state index in [1.165, 1.54) is 102 Å². The smallest absolute Gasteiger partial charge is 0.287 e. The maximum atomic E-state index is 13.6. The summed E-state index contributed by atoms with van der Waals surface area (Å²) < 4.78 is 43.5. The molecule has 11 N–H and O–H groups in total. The third-order valence-electron chi connectivity index (χ3n) is 23.2. The minimum atomic E-state index is -0.598. The van der Waals surface area contributed by atoms with Crippen molar-refractivity contribution >= 4 is 128 Å². The van der Waals surface area contributed by atoms with Gasteiger partial charge in [-0.25, -0.2) is 4.98 Å². The minimum Gasteiger partial charge on any atom is -0.491 e. The van der Waals surface area contributed by atoms with E-state index in [0.29, 0.717) is 149 Å². The van der Waals surface area contributed by atoms with Crippen molar-refractivity contribution in [2.45, 2.75) is 169 Å². The Morgan fingerprint density at radius 1 is 0.414 bits per heavy atom. The third-order valence-corrected chi connectivity index (χ3v) is 24.7. The number of hydrogen-bond acceptors (Lipinski definition) is 23. The molecule has 1 atom stereocenters. The zero-order chi connectivity index (χ0) is 100. The molecule has 9 aromatic rings. The molecule has 0 saturated heterocycles. The van der Waals surface area contributed by atoms with E-state index in [9.17, 15) is 52.7 Å². The number of anilines is 6. The van der Waals surface area contributed by atoms with Gasteiger partial charge in [-0.2, -0.15) is 0 Å². The van der Waals surface area contributed by atoms with E-state index < -0.39 is 47.4 Å². The average molecular weight is 1970 g/mol. The van der Waals surface area contributed by atoms with Gasteiger partial charge in [0.05, 0.1) is 101 Å². The first-order chi connectivity index (χ1) is 67.6. The summed E-state index contributed by atoms with van der Waals surface area (Å²) in [5.74, 6) is -2.08. The number of carbonyl (C=O) groups excluding carboxylic acids is 11. The fraction of sp³-hybridized carbons (Fsp3) is 0.505. The Bertz CT molecular complexity index is 5610. The van der Waals surface area contributed by atoms with Crippen molar-refractivity contribution in [3.8, 4) is 10.8 Å². The number of rotatable bonds is 64. The SMILES string of the molecule is CCCCCCCCCCCCCCCC(=O)Nc1cc(C(=O)Nc2cc(C(=O)NCCC(=O)Nc3cc(C(=O)Nc4cc(C(=O)NCCC(=O)Nc5cn(C)c(C(=O)NCCC(=O)NCCCN(C)CCCNC(=O)CCOCCOCCOCCOCCOCCOc6ccc(NC(=O)C[C@@H]7N=C(c8ccc(Cl)cc8)c8c(sc(C)c8C)-n8c(C)nnc87)cc6)n5)n(C)c4)n(C)c3)n(C)c2)n(C)c1. The van der Waals surface area contributed by atoms with Gasteiger partial charge in [0.15, 0.2) is 11.6 Å². The molecule has 0 aliphatic carbocycles. The summed E-state index contributed by atoms with van der Waals surface area (Å²) in [6, 6.07) is 20.2. The Labute approximate surface area is 826 Å². The number of aryl methyl sites for hydroxylation is 7. The lowest BCUT2D eigenvalue weighted by atomic mass is 9.99. The molecule has 0 bridgehead atoms. The topological polar surface area (TPSA) is 459 Å². The highest BCUT2D eigenvalue weighted by Crippen LogP contribution is 2.40. The lowest BCUT2D eigenvalue weighted by Gasteiger charge is -2.16. The molecule has 0 radical (unpaired) electrons. The van der Waals surface area contributed by atoms with Crippen LogP contribution in [0.2, 0.25) is 5.02 Å². The van der Waals surface area contributed by atoms with E-state index in [4.69, 9.17) is 45.0 Å². The number of nitrogens with one attached hydrogen (secondary N) is 11. The molecule has 140 heavy (non-hydrogen) atoms. The van der Waals surface area contributed by atoms with Crippen LogP contribution < -0.4 is 63.2 Å². The van der Waals surface area contributed by atoms with Crippen molar-refractivity contribution < 1.29 is 81.2 Å². The Balaban J connectivity index is 0.480. The monoisotopic (exact) mass is 1970 g/mol. The summed E-state index contributed by atoms with van der Waals surface area (Å²) in [5.41, 5.74) is 6.81. The van der Waals surface area contributed by atoms with Crippen molar-refractivity contribution in [3.63, 3.8) is 0 Å². The van der Waals surface area contributed by atoms with Gasteiger partial charge >= 0.3 is 0 Å². The minimum absolute atomic E-state index is 0.00215. The molecule has 0 saturated carbocycles. The van der Waals surface area contributed by atoms with Crippen molar-refractivity contribution in [2.24, 2.45) is 40.2 Å². The van der Waals surface area contributed by atoms with E-state index in [-0.39, 0.29) is 111 Å². The van der Waals surface area contributed by atoms with E-state index in [1.807, 2.05) is 42.8 Å². The van der Waals surface area contributed by atoms with Gasteiger partial charge in [0.25, 0.3) is 29.5 Å². The van der Waals surface area contributed by atoms with Gasteiger partial charge in [0.2, 0.25) is 41.3 Å². The molecular weight excluding hydrogens is 1840 g/mol. The second-order valence-corrected chi connectivity index (χ2v) is 36.2. The Morgan fingerprint density at radius 3 is 1.35 bits per heavy atom. The van der Waals surface area contributed by atoms with Crippen LogP contribution in [0.15, 0.2) is 109 Å². The molecule has 0 fully saturated rings. The molecule has 11 amide bonds. The van der Waals surface area contributed by atoms with Gasteiger partial charge in [-0.05, 0) is 126 Å². The van der Waals surface area contributed by atoms with Gasteiger partial charge < -0.3 is 115 Å². The molecule has 0 unspecified atom stereocenters. The van der Waals surface area contributed by atoms with Gasteiger partial charge in [-0.15, -0.1) is 21.5 Å². The average Bonchev–Trinajstić information content (AvgIpc) is 1.59. The molecule has 1 aliphatic rings. The molecule has 2 aromatic carbocycles. The number of imidazole rings is 1. The van der Waals surface area contributed by atoms with Gasteiger partial charge in [0.1, 0.15) is 52.0 Å². The number of aromatic nitrogens is 9. The Kier molecular flexibility index (Phi) is 45.1. The number of amides is 11. The van der Waals surface area contributed by atoms with Gasteiger partial charge in [-0.3, -0.25) is 62.3 Å². The number of carbonyl (C=O) groups is 11. The van der Waals surface area contributed by atoms with Crippen LogP contribution >= 0.6 is 22.9 Å². The number of thiophene rings is 1. The number of nitrogens with zero attached hydrogens (tertiary/aromatic N) is 11. The number of aliphatic imine (C=N–C) groups is 1. The second kappa shape index (κ2) is 57.8. The Hall–Kier alpha value is -12.7. The van der Waals surface area contributed by atoms with Crippen LogP contribution in [0, 0.1) is 20.8 Å². The maximum Gasteiger partial charge on any atom is 0.287 e. The largest absolute Gasteiger partial charge is 0.491 e. The van der Waals surface area contributed by atoms with Gasteiger partial charge in [-0.1, -0.05) is 108 Å². The first-order valence-corrected chi connectivity index (χ1v) is 49.3. The highest BCUT2D eigenvalue weighted by molar-refractivity contribution is 7.15. The van der Waals surface area contributed by atoms with Crippen molar-refractivity contribution in [1.82, 2.24) is 74.1 Å². The summed E-state index contributed by atoms with van der Waals surface area (Å²) in [6.07, 6.45) is 25.6. The first-order valence-electron chi connectivity index (χ1n) is 48.1. The zero-order valence-electron chi connectivity index (χ0n) is 82.1. The number of hydrogen-bond donors (Lipinski definition) is 11. The molecule has 41 heteroatoms. The van der Waals surface area contributed by atoms with E-state index in [0.717, 1.165) is 70.3 Å². The summed E-state index contributed by atoms with van der Waals surface area (Å²) in [5, 5.41) is 41.3. The van der Waals surface area contributed by atoms with Crippen LogP contribution in [0.4, 0.5) is 34.3 Å². The van der Waals surface area contributed by atoms with Crippen molar-refractivity contribution in [1.29, 1.82) is 0 Å². The summed E-state index contributed by atoms with van der Waals surface area (Å²) >= 11 is 7.92. The second-order valence-electron chi connectivity index (χ2n) is 34.6. The molecule has 0 spiro atoms. The highest BCUT2D eigenvalue weighted by atomic mass is 35.5. The number of ether oxygens (including phenoxy) is 6. The predicted octanol–water partition coefficient (Wildman–Crippen LogP) is 12.0. The summed E-state index contributed by atoms with van der Waals surface area (Å²) in [4.78, 5) is 157. The lowest BCUT2D eigenvalue weighted by Crippen LogP contribution is -2.33. The third kappa shape index (κ3) is 35.9. The molecule has 39 nitrogen and oxygen atoms in total. The van der Waals surface area contributed by atoms with Crippen LogP contribution in [0.5, 0.6) is 5.75 Å². The molecule has 7 aromatic heterocycles. The van der Waals surface area contributed by atoms with Gasteiger partial charge in [0, 0.05) is 158 Å². The zero-order valence-corrected chi connectivity index (χ0v) is 83.7. The molecule has 8 heterocycles. The number of fused-ring (bicyclic) bond motifs is 3. The van der Waals surface area contributed by atoms with E-state index in [1.54, 1.807) is 111 Å². The molecule has 1 aliphatic heterocycles. The van der Waals surface area contributed by atoms with Crippen LogP contribution in [-0.2, 0) is 87.7 Å². The fourth-order valence-corrected chi connectivity index (χ4v) is 16.9. The first kappa shape index (κ1) is 109. The molecular formula is C99H137ClN22O17S. The van der Waals surface area contributed by atoms with Crippen molar-refractivity contribution in [2.75, 3.05) is 157 Å². The van der Waals surface area contributed by atoms with Crippen LogP contribution in [-0.4, -0.2) is 244 Å². The standard InChI is InChI=1S/C99H137ClN22O17S/c1-11-12-13-14-15-16-17-18-19-20-21-22-23-26-86(125)107-73-57-81(119(8)62-73)96(131)109-75-59-79(117(6)64-75)94(129)103-42-36-87(126)108-74-58-82(120(9)63-74)97(132)110-76-60-80(118(7)65-76)95(130)104-43-37-88(127)112-83-66-121(10)93(113-83)98(133)105-41-35-84(123)101-39-24-44-116(5)45-25-40-102-85(124)38-46-134-47-48-135-49-50-136-51-52-137-53-54-138-55-56-139-77-33-31-72(32-34-77)106-89(128)61-78-92-115-114-69(4)122(92)99-90(67(2)68(3)140-99)91(111-78)70-27-29-71(100)30-28-70/h27-34,57-60,62-66,78H,11-26,35-56,61H2,1-10H3,(H,101,123)(H,102,124)(H,103,129)(H,104,130)(H,105,133)(H,106,128)(H,107,125)(H,108,126)(H,109,131)(H,110,132)(H,112,127)/t78-/m0/s1. The quantitative estimate of drug-likeness (QED) is 0.0158. The summed E-state index contributed by atoms with van der Waals surface area (Å²) in [7, 11) is 10.1. The molecule has 758 valence electrons. The Morgan fingerprint density at radius 2 is 0.843 bits per heavy atom. The fourth-order valence-electron chi connectivity index (χ4n) is 15.6. The van der Waals surface area contributed by atoms with Crippen LogP contribution in [0.1, 0.15) is 234 Å². The van der Waals surface area contributed by atoms with Crippen molar-refractivity contribution in [3.05, 3.63) is 171 Å². The predicted molar refractivity (Wildman–Crippen MR) is 538 cm³/mol. The maximum absolute atomic E-state index is 13.6. The summed E-state index contributed by atoms with van der Waals surface area (Å²) in [6.45, 7) is 14.7. The van der Waals surface area contributed by atoms with Crippen LogP contribution in [0.25, 0.3) is 5.00 Å². The number of halogens is 1. The molecule has 10 rings (SSSR count).